The molecule has 124 valence electrons. The van der Waals surface area contributed by atoms with Crippen LogP contribution < -0.4 is 13.7 Å². The highest BCUT2D eigenvalue weighted by atomic mass is 32.2. The van der Waals surface area contributed by atoms with Crippen molar-refractivity contribution in [3.05, 3.63) is 54.1 Å². The molecule has 0 aliphatic heterocycles. The van der Waals surface area contributed by atoms with Gasteiger partial charge in [0.25, 0.3) is 0 Å². The molecule has 0 saturated carbocycles. The van der Waals surface area contributed by atoms with Crippen LogP contribution >= 0.6 is 0 Å². The second kappa shape index (κ2) is 7.87. The van der Waals surface area contributed by atoms with E-state index in [-0.39, 0.29) is 0 Å². The van der Waals surface area contributed by atoms with Gasteiger partial charge in [0.05, 0.1) is 19.5 Å². The zero-order chi connectivity index (χ0) is 16.7. The van der Waals surface area contributed by atoms with Gasteiger partial charge in [-0.25, -0.2) is 0 Å². The number of ether oxygens (including phenoxy) is 2. The van der Waals surface area contributed by atoms with Gasteiger partial charge in [0.2, 0.25) is 0 Å². The molecule has 2 rings (SSSR count). The monoisotopic (exact) mass is 336 g/mol. The molecule has 6 heteroatoms. The lowest BCUT2D eigenvalue weighted by Crippen LogP contribution is -2.06. The second-order valence-corrected chi connectivity index (χ2v) is 6.52. The molecular formula is C17H20O5S. The van der Waals surface area contributed by atoms with E-state index in [2.05, 4.69) is 0 Å². The third kappa shape index (κ3) is 6.20. The van der Waals surface area contributed by atoms with Gasteiger partial charge in [0.1, 0.15) is 17.2 Å². The number of hydrogen-bond acceptors (Lipinski definition) is 5. The van der Waals surface area contributed by atoms with E-state index in [1.165, 1.54) is 0 Å². The lowest BCUT2D eigenvalue weighted by atomic mass is 10.1. The normalized spacial score (nSPS) is 11.0. The topological polar surface area (TPSA) is 61.8 Å². The highest BCUT2D eigenvalue weighted by Crippen LogP contribution is 2.20. The highest BCUT2D eigenvalue weighted by Gasteiger charge is 2.05. The first-order chi connectivity index (χ1) is 11.0. The van der Waals surface area contributed by atoms with Gasteiger partial charge in [0, 0.05) is 12.5 Å². The molecule has 0 heterocycles. The first-order valence-corrected chi connectivity index (χ1v) is 9.12. The molecule has 0 N–H and O–H groups in total. The zero-order valence-corrected chi connectivity index (χ0v) is 14.0. The summed E-state index contributed by atoms with van der Waals surface area (Å²) in [4.78, 5) is 0. The molecule has 0 saturated heterocycles. The summed E-state index contributed by atoms with van der Waals surface area (Å²) in [5.74, 6) is 1.82. The lowest BCUT2D eigenvalue weighted by molar-refractivity contribution is 0.312. The highest BCUT2D eigenvalue weighted by molar-refractivity contribution is 7.86. The van der Waals surface area contributed by atoms with E-state index in [9.17, 15) is 8.42 Å². The zero-order valence-electron chi connectivity index (χ0n) is 13.2. The Hall–Kier alpha value is -2.21. The average Bonchev–Trinajstić information content (AvgIpc) is 2.47. The molecule has 0 unspecified atom stereocenters. The number of hydrogen-bond donors (Lipinski definition) is 0. The summed E-state index contributed by atoms with van der Waals surface area (Å²) in [6.07, 6.45) is 1.66. The minimum atomic E-state index is -3.51. The van der Waals surface area contributed by atoms with E-state index in [4.69, 9.17) is 13.7 Å². The molecule has 0 spiro atoms. The molecule has 5 nitrogen and oxygen atoms in total. The van der Waals surface area contributed by atoms with E-state index in [1.54, 1.807) is 18.2 Å². The van der Waals surface area contributed by atoms with Crippen LogP contribution in [0.15, 0.2) is 48.5 Å². The van der Waals surface area contributed by atoms with E-state index < -0.39 is 10.1 Å². The predicted octanol–water partition coefficient (Wildman–Crippen LogP) is 3.05. The van der Waals surface area contributed by atoms with E-state index in [1.807, 2.05) is 37.3 Å². The largest absolute Gasteiger partial charge is 0.494 e. The fraction of sp³-hybridized carbons (Fsp3) is 0.294. The molecule has 0 bridgehead atoms. The fourth-order valence-corrected chi connectivity index (χ4v) is 2.49. The number of rotatable bonds is 8. The molecule has 2 aromatic rings. The maximum atomic E-state index is 11.1. The van der Waals surface area contributed by atoms with Crippen LogP contribution in [0, 0.1) is 0 Å². The Bertz CT molecular complexity index is 740. The Kier molecular flexibility index (Phi) is 5.87. The van der Waals surface area contributed by atoms with Gasteiger partial charge in [0.15, 0.2) is 0 Å². The Labute approximate surface area is 136 Å². The van der Waals surface area contributed by atoms with Crippen molar-refractivity contribution in [1.82, 2.24) is 0 Å². The van der Waals surface area contributed by atoms with Gasteiger partial charge >= 0.3 is 10.1 Å². The van der Waals surface area contributed by atoms with E-state index in [0.29, 0.717) is 25.4 Å². The SMILES string of the molecule is CCOc1cccc(OCCc2cccc(OS(C)(=O)=O)c2)c1. The van der Waals surface area contributed by atoms with Crippen LogP contribution in [0.3, 0.4) is 0 Å². The van der Waals surface area contributed by atoms with E-state index in [0.717, 1.165) is 23.3 Å². The van der Waals surface area contributed by atoms with Crippen molar-refractivity contribution in [1.29, 1.82) is 0 Å². The molecule has 2 aromatic carbocycles. The van der Waals surface area contributed by atoms with Crippen molar-refractivity contribution >= 4 is 10.1 Å². The summed E-state index contributed by atoms with van der Waals surface area (Å²) in [6, 6.07) is 14.4. The summed E-state index contributed by atoms with van der Waals surface area (Å²) in [5.41, 5.74) is 0.937. The molecule has 0 amide bonds. The summed E-state index contributed by atoms with van der Waals surface area (Å²) < 4.78 is 38.3. The first kappa shape index (κ1) is 17.1. The fourth-order valence-electron chi connectivity index (χ4n) is 2.03. The molecule has 23 heavy (non-hydrogen) atoms. The maximum absolute atomic E-state index is 11.1. The van der Waals surface area contributed by atoms with Crippen molar-refractivity contribution in [2.24, 2.45) is 0 Å². The van der Waals surface area contributed by atoms with Gasteiger partial charge in [-0.05, 0) is 36.8 Å². The summed E-state index contributed by atoms with van der Waals surface area (Å²) in [5, 5.41) is 0. The Morgan fingerprint density at radius 2 is 1.57 bits per heavy atom. The van der Waals surface area contributed by atoms with Crippen molar-refractivity contribution in [3.8, 4) is 17.2 Å². The van der Waals surface area contributed by atoms with Crippen LogP contribution in [0.1, 0.15) is 12.5 Å². The quantitative estimate of drug-likeness (QED) is 0.693. The molecule has 0 aromatic heterocycles. The summed E-state index contributed by atoms with van der Waals surface area (Å²) >= 11 is 0. The van der Waals surface area contributed by atoms with Gasteiger partial charge in [-0.1, -0.05) is 18.2 Å². The van der Waals surface area contributed by atoms with Crippen molar-refractivity contribution in [2.45, 2.75) is 13.3 Å². The molecule has 0 fully saturated rings. The molecule has 0 aliphatic rings. The van der Waals surface area contributed by atoms with Crippen molar-refractivity contribution < 1.29 is 22.1 Å². The van der Waals surface area contributed by atoms with Gasteiger partial charge in [-0.15, -0.1) is 0 Å². The number of benzene rings is 2. The van der Waals surface area contributed by atoms with Crippen LogP contribution in [-0.2, 0) is 16.5 Å². The molecule has 0 atom stereocenters. The summed E-state index contributed by atoms with van der Waals surface area (Å²) in [7, 11) is -3.51. The van der Waals surface area contributed by atoms with Gasteiger partial charge in [-0.2, -0.15) is 8.42 Å². The minimum absolute atomic E-state index is 0.309. The smallest absolute Gasteiger partial charge is 0.306 e. The predicted molar refractivity (Wildman–Crippen MR) is 88.7 cm³/mol. The van der Waals surface area contributed by atoms with Gasteiger partial charge in [-0.3, -0.25) is 0 Å². The van der Waals surface area contributed by atoms with Gasteiger partial charge < -0.3 is 13.7 Å². The first-order valence-electron chi connectivity index (χ1n) is 7.30. The summed E-state index contributed by atoms with van der Waals surface area (Å²) in [6.45, 7) is 3.01. The van der Waals surface area contributed by atoms with Crippen LogP contribution in [0.5, 0.6) is 17.2 Å². The third-order valence-corrected chi connectivity index (χ3v) is 3.42. The minimum Gasteiger partial charge on any atom is -0.494 e. The van der Waals surface area contributed by atoms with Crippen molar-refractivity contribution in [3.63, 3.8) is 0 Å². The molecule has 0 radical (unpaired) electrons. The van der Waals surface area contributed by atoms with Crippen molar-refractivity contribution in [2.75, 3.05) is 19.5 Å². The van der Waals surface area contributed by atoms with Crippen LogP contribution in [0.2, 0.25) is 0 Å². The molecule has 0 aliphatic carbocycles. The Morgan fingerprint density at radius 1 is 0.913 bits per heavy atom. The maximum Gasteiger partial charge on any atom is 0.306 e. The Morgan fingerprint density at radius 3 is 2.26 bits per heavy atom. The third-order valence-electron chi connectivity index (χ3n) is 2.92. The van der Waals surface area contributed by atoms with E-state index >= 15 is 0 Å². The van der Waals surface area contributed by atoms with Crippen LogP contribution in [0.4, 0.5) is 0 Å². The average molecular weight is 336 g/mol. The standard InChI is InChI=1S/C17H20O5S/c1-3-20-15-7-5-8-16(13-15)21-11-10-14-6-4-9-17(12-14)22-23(2,18)19/h4-9,12-13H,3,10-11H2,1-2H3. The molecular weight excluding hydrogens is 316 g/mol. The van der Waals surface area contributed by atoms with Crippen LogP contribution in [-0.4, -0.2) is 27.9 Å². The van der Waals surface area contributed by atoms with Crippen LogP contribution in [0.25, 0.3) is 0 Å². The Balaban J connectivity index is 1.91. The second-order valence-electron chi connectivity index (χ2n) is 4.94. The lowest BCUT2D eigenvalue weighted by Gasteiger charge is -2.09.